The van der Waals surface area contributed by atoms with E-state index in [1.54, 1.807) is 0 Å². The highest BCUT2D eigenvalue weighted by molar-refractivity contribution is 7.89. The van der Waals surface area contributed by atoms with Crippen molar-refractivity contribution >= 4 is 26.5 Å². The molecule has 0 fully saturated rings. The fourth-order valence-corrected chi connectivity index (χ4v) is 3.69. The van der Waals surface area contributed by atoms with Crippen LogP contribution in [0.15, 0.2) is 23.1 Å². The number of aromatic hydroxyl groups is 1. The van der Waals surface area contributed by atoms with Crippen LogP contribution in [0.25, 0.3) is 0 Å². The third-order valence-corrected chi connectivity index (χ3v) is 4.85. The largest absolute Gasteiger partial charge is 0.502 e. The second-order valence-corrected chi connectivity index (χ2v) is 7.36. The Bertz CT molecular complexity index is 643. The van der Waals surface area contributed by atoms with Gasteiger partial charge in [0, 0.05) is 34.9 Å². The van der Waals surface area contributed by atoms with Gasteiger partial charge >= 0.3 is 5.69 Å². The summed E-state index contributed by atoms with van der Waals surface area (Å²) in [4.78, 5) is 9.45. The van der Waals surface area contributed by atoms with E-state index in [1.807, 2.05) is 0 Å². The molecule has 2 unspecified atom stereocenters. The molecular weight excluding hydrogens is 308 g/mol. The van der Waals surface area contributed by atoms with Crippen LogP contribution in [0.2, 0.25) is 0 Å². The van der Waals surface area contributed by atoms with Crippen molar-refractivity contribution < 1.29 is 22.7 Å². The molecule has 112 valence electrons. The van der Waals surface area contributed by atoms with E-state index in [0.29, 0.717) is 0 Å². The number of nitrogens with one attached hydrogen (secondary N) is 1. The minimum Gasteiger partial charge on any atom is -0.502 e. The van der Waals surface area contributed by atoms with Gasteiger partial charge in [0.2, 0.25) is 10.0 Å². The molecule has 2 N–H and O–H groups in total. The summed E-state index contributed by atoms with van der Waals surface area (Å²) in [5, 5.41) is 19.9. The number of nitro benzene ring substituents is 1. The molecule has 0 aliphatic rings. The molecule has 0 bridgehead atoms. The highest BCUT2D eigenvalue weighted by Gasteiger charge is 2.22. The van der Waals surface area contributed by atoms with Crippen molar-refractivity contribution in [2.75, 3.05) is 12.0 Å². The third kappa shape index (κ3) is 4.25. The van der Waals surface area contributed by atoms with Gasteiger partial charge in [0.15, 0.2) is 5.75 Å². The Morgan fingerprint density at radius 3 is 2.60 bits per heavy atom. The number of sulfonamides is 1. The topological polar surface area (TPSA) is 127 Å². The Kier molecular flexibility index (Phi) is 5.20. The molecule has 0 aliphatic heterocycles. The zero-order chi connectivity index (χ0) is 15.5. The molecule has 0 amide bonds. The van der Waals surface area contributed by atoms with Crippen LogP contribution in [0.4, 0.5) is 5.69 Å². The van der Waals surface area contributed by atoms with Gasteiger partial charge in [0.1, 0.15) is 0 Å². The number of nitrogens with zero attached hydrogens (tertiary/aromatic N) is 1. The summed E-state index contributed by atoms with van der Waals surface area (Å²) < 4.78 is 37.3. The molecule has 1 aromatic carbocycles. The summed E-state index contributed by atoms with van der Waals surface area (Å²) in [6.45, 7) is 1.54. The molecule has 0 spiro atoms. The third-order valence-electron chi connectivity index (χ3n) is 2.29. The van der Waals surface area contributed by atoms with Crippen molar-refractivity contribution in [2.45, 2.75) is 17.9 Å². The van der Waals surface area contributed by atoms with Gasteiger partial charge in [-0.05, 0) is 19.1 Å². The molecule has 10 heteroatoms. The van der Waals surface area contributed by atoms with Crippen molar-refractivity contribution in [3.8, 4) is 5.75 Å². The number of phenols is 1. The summed E-state index contributed by atoms with van der Waals surface area (Å²) in [5.74, 6) is -0.490. The maximum Gasteiger partial charge on any atom is 0.312 e. The minimum atomic E-state index is -3.98. The molecule has 2 atom stereocenters. The lowest BCUT2D eigenvalue weighted by atomic mass is 10.3. The van der Waals surface area contributed by atoms with Crippen molar-refractivity contribution in [1.82, 2.24) is 4.72 Å². The Balaban J connectivity index is 3.07. The molecule has 8 nitrogen and oxygen atoms in total. The van der Waals surface area contributed by atoms with Crippen molar-refractivity contribution in [3.63, 3.8) is 0 Å². The second-order valence-electron chi connectivity index (χ2n) is 4.17. The van der Waals surface area contributed by atoms with Gasteiger partial charge in [-0.15, -0.1) is 0 Å². The zero-order valence-electron chi connectivity index (χ0n) is 10.8. The first-order valence-corrected chi connectivity index (χ1v) is 8.64. The fraction of sp³-hybridized carbons (Fsp3) is 0.400. The molecule has 20 heavy (non-hydrogen) atoms. The van der Waals surface area contributed by atoms with E-state index in [1.165, 1.54) is 13.2 Å². The Morgan fingerprint density at radius 1 is 1.50 bits per heavy atom. The minimum absolute atomic E-state index is 0.124. The van der Waals surface area contributed by atoms with E-state index < -0.39 is 43.2 Å². The summed E-state index contributed by atoms with van der Waals surface area (Å²) in [6, 6.07) is 2.18. The lowest BCUT2D eigenvalue weighted by Gasteiger charge is -2.12. The highest BCUT2D eigenvalue weighted by Crippen LogP contribution is 2.28. The number of benzene rings is 1. The Morgan fingerprint density at radius 2 is 2.10 bits per heavy atom. The molecule has 1 aromatic rings. The first-order valence-electron chi connectivity index (χ1n) is 5.43. The first-order chi connectivity index (χ1) is 9.13. The normalized spacial score (nSPS) is 14.7. The maximum absolute atomic E-state index is 12.0. The lowest BCUT2D eigenvalue weighted by Crippen LogP contribution is -2.36. The molecule has 0 saturated heterocycles. The van der Waals surface area contributed by atoms with Gasteiger partial charge in [0.25, 0.3) is 0 Å². The molecule has 1 rings (SSSR count). The number of phenolic OH excluding ortho intramolecular Hbond substituents is 1. The number of nitro groups is 1. The summed E-state index contributed by atoms with van der Waals surface area (Å²) >= 11 is 0. The lowest BCUT2D eigenvalue weighted by molar-refractivity contribution is -0.386. The average molecular weight is 322 g/mol. The Hall–Kier alpha value is -1.52. The van der Waals surface area contributed by atoms with E-state index in [0.717, 1.165) is 18.2 Å². The van der Waals surface area contributed by atoms with Crippen LogP contribution < -0.4 is 4.72 Å². The van der Waals surface area contributed by atoms with Crippen LogP contribution in [0.1, 0.15) is 6.92 Å². The molecule has 0 aliphatic carbocycles. The number of hydrogen-bond acceptors (Lipinski definition) is 6. The van der Waals surface area contributed by atoms with E-state index >= 15 is 0 Å². The average Bonchev–Trinajstić information content (AvgIpc) is 2.26. The van der Waals surface area contributed by atoms with Gasteiger partial charge in [-0.2, -0.15) is 0 Å². The second kappa shape index (κ2) is 6.29. The van der Waals surface area contributed by atoms with E-state index in [2.05, 4.69) is 4.72 Å². The SMILES string of the molecule is CC(CS(C)=O)NS(=O)(=O)c1ccc(O)c([N+](=O)[O-])c1. The van der Waals surface area contributed by atoms with Gasteiger partial charge in [-0.3, -0.25) is 14.3 Å². The van der Waals surface area contributed by atoms with Crippen LogP contribution in [0.3, 0.4) is 0 Å². The quantitative estimate of drug-likeness (QED) is 0.574. The fourth-order valence-electron chi connectivity index (χ4n) is 1.54. The molecular formula is C10H14N2O6S2. The van der Waals surface area contributed by atoms with Crippen molar-refractivity contribution in [3.05, 3.63) is 28.3 Å². The van der Waals surface area contributed by atoms with Crippen molar-refractivity contribution in [1.29, 1.82) is 0 Å². The Labute approximate surface area is 118 Å². The van der Waals surface area contributed by atoms with Crippen LogP contribution in [0, 0.1) is 10.1 Å². The van der Waals surface area contributed by atoms with Crippen LogP contribution >= 0.6 is 0 Å². The van der Waals surface area contributed by atoms with E-state index in [-0.39, 0.29) is 10.6 Å². The zero-order valence-corrected chi connectivity index (χ0v) is 12.4. The molecule has 0 aromatic heterocycles. The standard InChI is InChI=1S/C10H14N2O6S2/c1-7(6-19(2)16)11-20(17,18)8-3-4-10(13)9(5-8)12(14)15/h3-5,7,11,13H,6H2,1-2H3. The van der Waals surface area contributed by atoms with Crippen molar-refractivity contribution in [2.24, 2.45) is 0 Å². The molecule has 0 radical (unpaired) electrons. The van der Waals surface area contributed by atoms with Gasteiger partial charge < -0.3 is 5.11 Å². The number of rotatable bonds is 6. The summed E-state index contributed by atoms with van der Waals surface area (Å²) in [5.41, 5.74) is -0.695. The van der Waals surface area contributed by atoms with E-state index in [4.69, 9.17) is 0 Å². The predicted molar refractivity (Wildman–Crippen MR) is 73.5 cm³/mol. The number of hydrogen-bond donors (Lipinski definition) is 2. The summed E-state index contributed by atoms with van der Waals surface area (Å²) in [6.07, 6.45) is 1.44. The summed E-state index contributed by atoms with van der Waals surface area (Å²) in [7, 11) is -5.16. The van der Waals surface area contributed by atoms with Gasteiger partial charge in [-0.1, -0.05) is 0 Å². The van der Waals surface area contributed by atoms with Crippen LogP contribution in [-0.4, -0.2) is 40.7 Å². The predicted octanol–water partition coefficient (Wildman–Crippen LogP) is 0.346. The van der Waals surface area contributed by atoms with Crippen LogP contribution in [-0.2, 0) is 20.8 Å². The first kappa shape index (κ1) is 16.5. The highest BCUT2D eigenvalue weighted by atomic mass is 32.2. The van der Waals surface area contributed by atoms with Gasteiger partial charge in [-0.25, -0.2) is 13.1 Å². The molecule has 0 saturated carbocycles. The van der Waals surface area contributed by atoms with Crippen LogP contribution in [0.5, 0.6) is 5.75 Å². The monoisotopic (exact) mass is 322 g/mol. The molecule has 0 heterocycles. The maximum atomic E-state index is 12.0. The van der Waals surface area contributed by atoms with Gasteiger partial charge in [0.05, 0.1) is 9.82 Å². The smallest absolute Gasteiger partial charge is 0.312 e. The van der Waals surface area contributed by atoms with E-state index in [9.17, 15) is 27.8 Å².